The average Bonchev–Trinajstić information content (AvgIpc) is 3.14. The van der Waals surface area contributed by atoms with Crippen LogP contribution in [0.3, 0.4) is 0 Å². The number of carboxylic acid groups (broad SMARTS) is 1. The standard InChI is InChI=1S/C14H27N3O3/c1-10(2)16(11(3)4)8-7-15-14(20)17(9-13(18)19)12-5-6-12/h10-12H,5-9H2,1-4H3,(H,15,20)(H,18,19). The Balaban J connectivity index is 2.39. The van der Waals surface area contributed by atoms with Gasteiger partial charge in [-0.2, -0.15) is 0 Å². The van der Waals surface area contributed by atoms with Gasteiger partial charge in [0.1, 0.15) is 6.54 Å². The maximum atomic E-state index is 12.0. The highest BCUT2D eigenvalue weighted by molar-refractivity contribution is 5.80. The second-order valence-electron chi connectivity index (χ2n) is 5.91. The topological polar surface area (TPSA) is 72.9 Å². The van der Waals surface area contributed by atoms with Crippen LogP contribution in [0.25, 0.3) is 0 Å². The van der Waals surface area contributed by atoms with Crippen molar-refractivity contribution >= 4 is 12.0 Å². The van der Waals surface area contributed by atoms with E-state index in [9.17, 15) is 9.59 Å². The highest BCUT2D eigenvalue weighted by Crippen LogP contribution is 2.26. The number of amides is 2. The van der Waals surface area contributed by atoms with Crippen LogP contribution in [0.2, 0.25) is 0 Å². The number of carbonyl (C=O) groups excluding carboxylic acids is 1. The van der Waals surface area contributed by atoms with Gasteiger partial charge in [-0.3, -0.25) is 9.69 Å². The van der Waals surface area contributed by atoms with Gasteiger partial charge in [-0.25, -0.2) is 4.79 Å². The normalized spacial score (nSPS) is 14.9. The first-order valence-electron chi connectivity index (χ1n) is 7.35. The molecule has 1 rings (SSSR count). The number of nitrogens with zero attached hydrogens (tertiary/aromatic N) is 2. The molecule has 1 aliphatic carbocycles. The van der Waals surface area contributed by atoms with Gasteiger partial charge < -0.3 is 15.3 Å². The van der Waals surface area contributed by atoms with Crippen molar-refractivity contribution in [2.75, 3.05) is 19.6 Å². The summed E-state index contributed by atoms with van der Waals surface area (Å²) < 4.78 is 0. The van der Waals surface area contributed by atoms with Crippen LogP contribution in [-0.4, -0.2) is 64.7 Å². The van der Waals surface area contributed by atoms with Gasteiger partial charge in [-0.05, 0) is 40.5 Å². The minimum Gasteiger partial charge on any atom is -0.480 e. The first-order valence-corrected chi connectivity index (χ1v) is 7.35. The fourth-order valence-electron chi connectivity index (χ4n) is 2.40. The third kappa shape index (κ3) is 5.36. The number of rotatable bonds is 8. The lowest BCUT2D eigenvalue weighted by Gasteiger charge is -2.31. The van der Waals surface area contributed by atoms with Crippen molar-refractivity contribution in [3.05, 3.63) is 0 Å². The van der Waals surface area contributed by atoms with Crippen LogP contribution in [0, 0.1) is 0 Å². The molecule has 1 saturated carbocycles. The van der Waals surface area contributed by atoms with E-state index >= 15 is 0 Å². The molecule has 6 heteroatoms. The Bertz CT molecular complexity index is 333. The van der Waals surface area contributed by atoms with Crippen molar-refractivity contribution < 1.29 is 14.7 Å². The van der Waals surface area contributed by atoms with Gasteiger partial charge in [0.2, 0.25) is 0 Å². The van der Waals surface area contributed by atoms with E-state index in [2.05, 4.69) is 37.9 Å². The summed E-state index contributed by atoms with van der Waals surface area (Å²) in [6, 6.07) is 0.690. The first kappa shape index (κ1) is 16.8. The summed E-state index contributed by atoms with van der Waals surface area (Å²) in [5.41, 5.74) is 0. The van der Waals surface area contributed by atoms with Crippen LogP contribution in [0.4, 0.5) is 4.79 Å². The molecular weight excluding hydrogens is 258 g/mol. The van der Waals surface area contributed by atoms with E-state index in [1.54, 1.807) is 0 Å². The van der Waals surface area contributed by atoms with Crippen molar-refractivity contribution in [1.82, 2.24) is 15.1 Å². The van der Waals surface area contributed by atoms with Crippen LogP contribution >= 0.6 is 0 Å². The quantitative estimate of drug-likeness (QED) is 0.706. The Kier molecular flexibility index (Phi) is 6.26. The zero-order chi connectivity index (χ0) is 15.3. The molecule has 20 heavy (non-hydrogen) atoms. The molecule has 0 radical (unpaired) electrons. The Morgan fingerprint density at radius 3 is 2.15 bits per heavy atom. The molecule has 0 spiro atoms. The van der Waals surface area contributed by atoms with Crippen LogP contribution in [-0.2, 0) is 4.79 Å². The molecule has 1 aliphatic rings. The fraction of sp³-hybridized carbons (Fsp3) is 0.857. The number of nitrogens with one attached hydrogen (secondary N) is 1. The molecule has 116 valence electrons. The minimum atomic E-state index is -0.960. The number of carboxylic acids is 1. The van der Waals surface area contributed by atoms with Gasteiger partial charge in [-0.15, -0.1) is 0 Å². The lowest BCUT2D eigenvalue weighted by atomic mass is 10.2. The van der Waals surface area contributed by atoms with Gasteiger partial charge in [0.15, 0.2) is 0 Å². The summed E-state index contributed by atoms with van der Waals surface area (Å²) >= 11 is 0. The lowest BCUT2D eigenvalue weighted by Crippen LogP contribution is -2.47. The number of aliphatic carboxylic acids is 1. The monoisotopic (exact) mass is 285 g/mol. The average molecular weight is 285 g/mol. The van der Waals surface area contributed by atoms with Gasteiger partial charge >= 0.3 is 12.0 Å². The molecule has 2 amide bonds. The smallest absolute Gasteiger partial charge is 0.323 e. The first-order chi connectivity index (χ1) is 9.32. The fourth-order valence-corrected chi connectivity index (χ4v) is 2.40. The summed E-state index contributed by atoms with van der Waals surface area (Å²) in [4.78, 5) is 26.5. The summed E-state index contributed by atoms with van der Waals surface area (Å²) in [6.45, 7) is 9.61. The lowest BCUT2D eigenvalue weighted by molar-refractivity contribution is -0.137. The number of carbonyl (C=O) groups is 2. The van der Waals surface area contributed by atoms with Crippen molar-refractivity contribution in [2.45, 2.75) is 58.7 Å². The SMILES string of the molecule is CC(C)N(CCNC(=O)N(CC(=O)O)C1CC1)C(C)C. The number of hydrogen-bond donors (Lipinski definition) is 2. The maximum absolute atomic E-state index is 12.0. The molecule has 0 unspecified atom stereocenters. The highest BCUT2D eigenvalue weighted by Gasteiger charge is 2.33. The third-order valence-corrected chi connectivity index (χ3v) is 3.53. The van der Waals surface area contributed by atoms with Gasteiger partial charge in [0.05, 0.1) is 0 Å². The molecule has 0 heterocycles. The maximum Gasteiger partial charge on any atom is 0.323 e. The van der Waals surface area contributed by atoms with E-state index in [0.29, 0.717) is 18.6 Å². The van der Waals surface area contributed by atoms with Crippen LogP contribution < -0.4 is 5.32 Å². The Labute approximate surface area is 121 Å². The molecule has 0 atom stereocenters. The van der Waals surface area contributed by atoms with E-state index in [0.717, 1.165) is 19.4 Å². The molecule has 0 aliphatic heterocycles. The number of urea groups is 1. The molecule has 0 saturated heterocycles. The Morgan fingerprint density at radius 1 is 1.20 bits per heavy atom. The molecule has 0 bridgehead atoms. The predicted molar refractivity (Wildman–Crippen MR) is 77.7 cm³/mol. The zero-order valence-corrected chi connectivity index (χ0v) is 12.9. The molecule has 0 aromatic carbocycles. The third-order valence-electron chi connectivity index (χ3n) is 3.53. The molecule has 1 fully saturated rings. The van der Waals surface area contributed by atoms with E-state index in [-0.39, 0.29) is 18.6 Å². The molecule has 6 nitrogen and oxygen atoms in total. The summed E-state index contributed by atoms with van der Waals surface area (Å²) in [5.74, 6) is -0.960. The molecule has 0 aromatic heterocycles. The van der Waals surface area contributed by atoms with E-state index < -0.39 is 5.97 Å². The summed E-state index contributed by atoms with van der Waals surface area (Å²) in [6.07, 6.45) is 1.82. The second kappa shape index (κ2) is 7.47. The molecule has 2 N–H and O–H groups in total. The predicted octanol–water partition coefficient (Wildman–Crippen LogP) is 1.36. The largest absolute Gasteiger partial charge is 0.480 e. The number of hydrogen-bond acceptors (Lipinski definition) is 3. The molecule has 0 aromatic rings. The van der Waals surface area contributed by atoms with Gasteiger partial charge in [-0.1, -0.05) is 0 Å². The second-order valence-corrected chi connectivity index (χ2v) is 5.91. The van der Waals surface area contributed by atoms with Crippen LogP contribution in [0.1, 0.15) is 40.5 Å². The minimum absolute atomic E-state index is 0.109. The van der Waals surface area contributed by atoms with E-state index in [4.69, 9.17) is 5.11 Å². The van der Waals surface area contributed by atoms with E-state index in [1.165, 1.54) is 4.90 Å². The van der Waals surface area contributed by atoms with Crippen LogP contribution in [0.5, 0.6) is 0 Å². The van der Waals surface area contributed by atoms with Crippen molar-refractivity contribution in [1.29, 1.82) is 0 Å². The highest BCUT2D eigenvalue weighted by atomic mass is 16.4. The van der Waals surface area contributed by atoms with E-state index in [1.807, 2.05) is 0 Å². The van der Waals surface area contributed by atoms with Crippen LogP contribution in [0.15, 0.2) is 0 Å². The summed E-state index contributed by atoms with van der Waals surface area (Å²) in [5, 5.41) is 11.7. The van der Waals surface area contributed by atoms with Gasteiger partial charge in [0.25, 0.3) is 0 Å². The van der Waals surface area contributed by atoms with Crippen molar-refractivity contribution in [2.24, 2.45) is 0 Å². The van der Waals surface area contributed by atoms with Gasteiger partial charge in [0, 0.05) is 31.2 Å². The van der Waals surface area contributed by atoms with Crippen molar-refractivity contribution in [3.8, 4) is 0 Å². The zero-order valence-electron chi connectivity index (χ0n) is 12.9. The summed E-state index contributed by atoms with van der Waals surface area (Å²) in [7, 11) is 0. The Hall–Kier alpha value is -1.30. The Morgan fingerprint density at radius 2 is 1.75 bits per heavy atom. The van der Waals surface area contributed by atoms with Crippen molar-refractivity contribution in [3.63, 3.8) is 0 Å². The molecular formula is C14H27N3O3.